The fourth-order valence-electron chi connectivity index (χ4n) is 3.01. The van der Waals surface area contributed by atoms with Crippen molar-refractivity contribution < 1.29 is 9.53 Å². The number of nitrogens with zero attached hydrogens (tertiary/aromatic N) is 2. The molecule has 1 heterocycles. The SMILES string of the molecule is CN=C(NCCc1cccc(C)c1)N1CCC(C(=O)OC)CC1.I. The molecule has 1 aliphatic rings. The van der Waals surface area contributed by atoms with Crippen LogP contribution in [0.25, 0.3) is 0 Å². The molecule has 134 valence electrons. The third-order valence-electron chi connectivity index (χ3n) is 4.32. The molecule has 0 atom stereocenters. The van der Waals surface area contributed by atoms with Gasteiger partial charge >= 0.3 is 5.97 Å². The second kappa shape index (κ2) is 10.5. The number of ether oxygens (including phenoxy) is 1. The standard InChI is InChI=1S/C18H27N3O2.HI/c1-14-5-4-6-15(13-14)7-10-20-18(19-2)21-11-8-16(9-12-21)17(22)23-3;/h4-6,13,16H,7-12H2,1-3H3,(H,19,20);1H. The molecule has 0 bridgehead atoms. The fourth-order valence-corrected chi connectivity index (χ4v) is 3.01. The van der Waals surface area contributed by atoms with Crippen molar-refractivity contribution in [3.8, 4) is 0 Å². The summed E-state index contributed by atoms with van der Waals surface area (Å²) < 4.78 is 4.83. The minimum Gasteiger partial charge on any atom is -0.469 e. The van der Waals surface area contributed by atoms with Crippen molar-refractivity contribution >= 4 is 35.9 Å². The van der Waals surface area contributed by atoms with E-state index in [4.69, 9.17) is 4.74 Å². The van der Waals surface area contributed by atoms with Gasteiger partial charge in [0.05, 0.1) is 13.0 Å². The topological polar surface area (TPSA) is 53.9 Å². The van der Waals surface area contributed by atoms with E-state index < -0.39 is 0 Å². The van der Waals surface area contributed by atoms with Gasteiger partial charge in [0.1, 0.15) is 0 Å². The molecular formula is C18H28IN3O2. The third-order valence-corrected chi connectivity index (χ3v) is 4.32. The number of aryl methyl sites for hydroxylation is 1. The summed E-state index contributed by atoms with van der Waals surface area (Å²) in [5.41, 5.74) is 2.62. The molecule has 0 radical (unpaired) electrons. The van der Waals surface area contributed by atoms with Crippen LogP contribution in [-0.4, -0.2) is 50.6 Å². The highest BCUT2D eigenvalue weighted by Gasteiger charge is 2.26. The van der Waals surface area contributed by atoms with Crippen LogP contribution in [0.3, 0.4) is 0 Å². The average Bonchev–Trinajstić information content (AvgIpc) is 2.58. The predicted molar refractivity (Wildman–Crippen MR) is 108 cm³/mol. The molecule has 0 aliphatic carbocycles. The Bertz CT molecular complexity index is 555. The molecule has 1 aromatic rings. The van der Waals surface area contributed by atoms with Crippen molar-refractivity contribution in [3.63, 3.8) is 0 Å². The summed E-state index contributed by atoms with van der Waals surface area (Å²) in [6.45, 7) is 4.64. The zero-order valence-corrected chi connectivity index (χ0v) is 17.1. The number of hydrogen-bond acceptors (Lipinski definition) is 3. The van der Waals surface area contributed by atoms with E-state index in [0.29, 0.717) is 0 Å². The Hall–Kier alpha value is -1.31. The van der Waals surface area contributed by atoms with Crippen LogP contribution in [-0.2, 0) is 16.0 Å². The number of nitrogens with one attached hydrogen (secondary N) is 1. The third kappa shape index (κ3) is 5.96. The second-order valence-corrected chi connectivity index (χ2v) is 6.00. The van der Waals surface area contributed by atoms with E-state index >= 15 is 0 Å². The predicted octanol–water partition coefficient (Wildman–Crippen LogP) is 2.62. The zero-order valence-electron chi connectivity index (χ0n) is 14.7. The van der Waals surface area contributed by atoms with Crippen molar-refractivity contribution in [3.05, 3.63) is 35.4 Å². The number of piperidine rings is 1. The van der Waals surface area contributed by atoms with Gasteiger partial charge < -0.3 is 15.0 Å². The van der Waals surface area contributed by atoms with Gasteiger partial charge in [-0.05, 0) is 31.7 Å². The first kappa shape index (κ1) is 20.7. The van der Waals surface area contributed by atoms with Crippen molar-refractivity contribution in [2.75, 3.05) is 33.8 Å². The lowest BCUT2D eigenvalue weighted by Crippen LogP contribution is -2.47. The van der Waals surface area contributed by atoms with Gasteiger partial charge in [0.25, 0.3) is 0 Å². The number of guanidine groups is 1. The number of aliphatic imine (C=N–C) groups is 1. The van der Waals surface area contributed by atoms with Gasteiger partial charge in [0, 0.05) is 26.7 Å². The molecule has 1 aliphatic heterocycles. The lowest BCUT2D eigenvalue weighted by molar-refractivity contribution is -0.146. The largest absolute Gasteiger partial charge is 0.469 e. The van der Waals surface area contributed by atoms with Crippen LogP contribution in [0.2, 0.25) is 0 Å². The molecule has 1 fully saturated rings. The smallest absolute Gasteiger partial charge is 0.308 e. The molecule has 5 nitrogen and oxygen atoms in total. The molecule has 1 N–H and O–H groups in total. The van der Waals surface area contributed by atoms with Gasteiger partial charge in [-0.1, -0.05) is 29.8 Å². The molecule has 0 saturated carbocycles. The van der Waals surface area contributed by atoms with Crippen molar-refractivity contribution in [1.29, 1.82) is 0 Å². The summed E-state index contributed by atoms with van der Waals surface area (Å²) in [5, 5.41) is 3.42. The van der Waals surface area contributed by atoms with E-state index in [9.17, 15) is 4.79 Å². The zero-order chi connectivity index (χ0) is 16.7. The first-order valence-corrected chi connectivity index (χ1v) is 8.23. The molecule has 0 aromatic heterocycles. The minimum absolute atomic E-state index is 0. The maximum Gasteiger partial charge on any atom is 0.308 e. The summed E-state index contributed by atoms with van der Waals surface area (Å²) in [6.07, 6.45) is 2.62. The highest BCUT2D eigenvalue weighted by atomic mass is 127. The van der Waals surface area contributed by atoms with E-state index in [1.807, 2.05) is 0 Å². The normalized spacial score (nSPS) is 15.6. The Balaban J connectivity index is 0.00000288. The first-order valence-electron chi connectivity index (χ1n) is 8.23. The van der Waals surface area contributed by atoms with Crippen LogP contribution in [0, 0.1) is 12.8 Å². The van der Waals surface area contributed by atoms with E-state index in [2.05, 4.69) is 46.4 Å². The number of hydrogen-bond donors (Lipinski definition) is 1. The van der Waals surface area contributed by atoms with Gasteiger partial charge in [0.2, 0.25) is 0 Å². The molecular weight excluding hydrogens is 417 g/mol. The molecule has 1 saturated heterocycles. The lowest BCUT2D eigenvalue weighted by Gasteiger charge is -2.33. The van der Waals surface area contributed by atoms with Crippen LogP contribution in [0.15, 0.2) is 29.3 Å². The van der Waals surface area contributed by atoms with Crippen LogP contribution in [0.4, 0.5) is 0 Å². The van der Waals surface area contributed by atoms with Gasteiger partial charge in [-0.3, -0.25) is 9.79 Å². The first-order chi connectivity index (χ1) is 11.1. The quantitative estimate of drug-likeness (QED) is 0.335. The Kier molecular flexibility index (Phi) is 9.10. The molecule has 0 amide bonds. The van der Waals surface area contributed by atoms with E-state index in [1.165, 1.54) is 18.2 Å². The molecule has 0 spiro atoms. The number of rotatable bonds is 4. The lowest BCUT2D eigenvalue weighted by atomic mass is 9.97. The highest BCUT2D eigenvalue weighted by Crippen LogP contribution is 2.18. The Morgan fingerprint density at radius 2 is 2.08 bits per heavy atom. The maximum absolute atomic E-state index is 11.6. The number of benzene rings is 1. The van der Waals surface area contributed by atoms with Crippen LogP contribution in [0.1, 0.15) is 24.0 Å². The van der Waals surface area contributed by atoms with Gasteiger partial charge in [-0.25, -0.2) is 0 Å². The van der Waals surface area contributed by atoms with Crippen LogP contribution in [0.5, 0.6) is 0 Å². The van der Waals surface area contributed by atoms with Gasteiger partial charge in [-0.15, -0.1) is 24.0 Å². The number of carbonyl (C=O) groups excluding carboxylic acids is 1. The second-order valence-electron chi connectivity index (χ2n) is 6.00. The minimum atomic E-state index is -0.0907. The molecule has 0 unspecified atom stereocenters. The fraction of sp³-hybridized carbons (Fsp3) is 0.556. The summed E-state index contributed by atoms with van der Waals surface area (Å²) >= 11 is 0. The summed E-state index contributed by atoms with van der Waals surface area (Å²) in [4.78, 5) is 18.2. The van der Waals surface area contributed by atoms with Crippen molar-refractivity contribution in [1.82, 2.24) is 10.2 Å². The number of likely N-dealkylation sites (tertiary alicyclic amines) is 1. The van der Waals surface area contributed by atoms with E-state index in [0.717, 1.165) is 44.9 Å². The molecule has 1 aromatic carbocycles. The van der Waals surface area contributed by atoms with Gasteiger partial charge in [0.15, 0.2) is 5.96 Å². The monoisotopic (exact) mass is 445 g/mol. The summed E-state index contributed by atoms with van der Waals surface area (Å²) in [6, 6.07) is 8.57. The average molecular weight is 445 g/mol. The highest BCUT2D eigenvalue weighted by molar-refractivity contribution is 14.0. The maximum atomic E-state index is 11.6. The van der Waals surface area contributed by atoms with Crippen molar-refractivity contribution in [2.45, 2.75) is 26.2 Å². The van der Waals surface area contributed by atoms with Crippen LogP contribution < -0.4 is 5.32 Å². The Morgan fingerprint density at radius 3 is 2.67 bits per heavy atom. The van der Waals surface area contributed by atoms with Crippen molar-refractivity contribution in [2.24, 2.45) is 10.9 Å². The summed E-state index contributed by atoms with van der Waals surface area (Å²) in [5.74, 6) is 0.856. The Labute approximate surface area is 161 Å². The molecule has 2 rings (SSSR count). The van der Waals surface area contributed by atoms with E-state index in [1.54, 1.807) is 7.05 Å². The van der Waals surface area contributed by atoms with Gasteiger partial charge in [-0.2, -0.15) is 0 Å². The number of halogens is 1. The summed E-state index contributed by atoms with van der Waals surface area (Å²) in [7, 11) is 3.27. The van der Waals surface area contributed by atoms with Crippen LogP contribution >= 0.6 is 24.0 Å². The number of carbonyl (C=O) groups is 1. The molecule has 24 heavy (non-hydrogen) atoms. The number of methoxy groups -OCH3 is 1. The molecule has 6 heteroatoms. The Morgan fingerprint density at radius 1 is 1.38 bits per heavy atom. The number of esters is 1. The van der Waals surface area contributed by atoms with E-state index in [-0.39, 0.29) is 35.9 Å².